The van der Waals surface area contributed by atoms with Gasteiger partial charge in [-0.2, -0.15) is 0 Å². The third-order valence-corrected chi connectivity index (χ3v) is 7.59. The number of sulfonamides is 1. The van der Waals surface area contributed by atoms with E-state index >= 15 is 0 Å². The molecule has 1 aromatic carbocycles. The topological polar surface area (TPSA) is 101 Å². The van der Waals surface area contributed by atoms with E-state index in [1.54, 1.807) is 25.1 Å². The van der Waals surface area contributed by atoms with E-state index in [-0.39, 0.29) is 10.8 Å². The van der Waals surface area contributed by atoms with E-state index < -0.39 is 17.3 Å². The first kappa shape index (κ1) is 18.4. The molecule has 0 unspecified atom stereocenters. The van der Waals surface area contributed by atoms with Crippen molar-refractivity contribution in [3.63, 3.8) is 0 Å². The highest BCUT2D eigenvalue weighted by molar-refractivity contribution is 7.92. The van der Waals surface area contributed by atoms with E-state index in [0.29, 0.717) is 23.7 Å². The molecule has 1 aromatic heterocycles. The van der Waals surface area contributed by atoms with Crippen molar-refractivity contribution in [2.24, 2.45) is 0 Å². The van der Waals surface area contributed by atoms with Crippen molar-refractivity contribution in [3.05, 3.63) is 42.2 Å². The van der Waals surface area contributed by atoms with Crippen molar-refractivity contribution in [3.8, 4) is 0 Å². The second-order valence-corrected chi connectivity index (χ2v) is 10.2. The first-order chi connectivity index (χ1) is 11.3. The van der Waals surface area contributed by atoms with Crippen molar-refractivity contribution in [2.45, 2.75) is 25.7 Å². The third kappa shape index (κ3) is 4.55. The number of benzene rings is 1. The number of nitrogens with one attached hydrogen (secondary N) is 2. The van der Waals surface area contributed by atoms with E-state index in [1.165, 1.54) is 18.3 Å². The lowest BCUT2D eigenvalue weighted by molar-refractivity contribution is 0.579. The SMILES string of the molecule is CCP(=O)(CC)Nc1ccc(S(=O)(=O)Nc2nccc(C)n2)cc1. The summed E-state index contributed by atoms with van der Waals surface area (Å²) in [6.45, 7) is 5.48. The Kier molecular flexibility index (Phi) is 5.62. The highest BCUT2D eigenvalue weighted by Crippen LogP contribution is 2.44. The molecule has 2 rings (SSSR count). The maximum atomic E-state index is 12.4. The Morgan fingerprint density at radius 1 is 1.08 bits per heavy atom. The second-order valence-electron chi connectivity index (χ2n) is 5.29. The Hall–Kier alpha value is -1.92. The Bertz CT molecular complexity index is 845. The largest absolute Gasteiger partial charge is 0.336 e. The third-order valence-electron chi connectivity index (χ3n) is 3.54. The van der Waals surface area contributed by atoms with E-state index in [2.05, 4.69) is 19.8 Å². The van der Waals surface area contributed by atoms with Crippen molar-refractivity contribution in [1.29, 1.82) is 0 Å². The van der Waals surface area contributed by atoms with Crippen molar-refractivity contribution < 1.29 is 13.0 Å². The number of rotatable bonds is 7. The molecule has 0 saturated carbocycles. The predicted octanol–water partition coefficient (Wildman–Crippen LogP) is 3.32. The number of anilines is 2. The second kappa shape index (κ2) is 7.32. The molecule has 130 valence electrons. The summed E-state index contributed by atoms with van der Waals surface area (Å²) < 4.78 is 39.5. The lowest BCUT2D eigenvalue weighted by Crippen LogP contribution is -2.15. The van der Waals surface area contributed by atoms with Crippen LogP contribution in [0.25, 0.3) is 0 Å². The van der Waals surface area contributed by atoms with Gasteiger partial charge in [-0.15, -0.1) is 0 Å². The minimum absolute atomic E-state index is 0.0265. The van der Waals surface area contributed by atoms with Gasteiger partial charge < -0.3 is 9.65 Å². The van der Waals surface area contributed by atoms with E-state index in [9.17, 15) is 13.0 Å². The molecule has 0 saturated heterocycles. The zero-order valence-electron chi connectivity index (χ0n) is 13.9. The van der Waals surface area contributed by atoms with Gasteiger partial charge in [-0.05, 0) is 37.3 Å². The number of hydrogen-bond donors (Lipinski definition) is 2. The zero-order chi connectivity index (χ0) is 17.8. The average molecular weight is 368 g/mol. The fourth-order valence-electron chi connectivity index (χ4n) is 2.00. The summed E-state index contributed by atoms with van der Waals surface area (Å²) >= 11 is 0. The van der Waals surface area contributed by atoms with Gasteiger partial charge in [0.2, 0.25) is 5.95 Å². The van der Waals surface area contributed by atoms with Gasteiger partial charge in [0.1, 0.15) is 0 Å². The van der Waals surface area contributed by atoms with Gasteiger partial charge in [0, 0.05) is 29.9 Å². The van der Waals surface area contributed by atoms with Crippen LogP contribution in [-0.4, -0.2) is 30.7 Å². The summed E-state index contributed by atoms with van der Waals surface area (Å²) in [5, 5.41) is 3.01. The lowest BCUT2D eigenvalue weighted by atomic mass is 10.3. The highest BCUT2D eigenvalue weighted by atomic mass is 32.2. The molecule has 7 nitrogen and oxygen atoms in total. The lowest BCUT2D eigenvalue weighted by Gasteiger charge is -2.17. The Morgan fingerprint density at radius 2 is 1.71 bits per heavy atom. The van der Waals surface area contributed by atoms with E-state index in [0.717, 1.165) is 0 Å². The Morgan fingerprint density at radius 3 is 2.25 bits per heavy atom. The maximum Gasteiger partial charge on any atom is 0.264 e. The standard InChI is InChI=1S/C15H21N4O3PS/c1-4-23(20,5-2)18-13-6-8-14(9-7-13)24(21,22)19-15-16-11-10-12(3)17-15/h6-11H,4-5H2,1-3H3,(H,18,20)(H,16,17,19). The smallest absolute Gasteiger partial charge is 0.264 e. The number of aryl methyl sites for hydroxylation is 1. The number of aromatic nitrogens is 2. The van der Waals surface area contributed by atoms with Crippen LogP contribution >= 0.6 is 7.29 Å². The van der Waals surface area contributed by atoms with Crippen LogP contribution in [0.1, 0.15) is 19.5 Å². The van der Waals surface area contributed by atoms with E-state index in [1.807, 2.05) is 13.8 Å². The first-order valence-electron chi connectivity index (χ1n) is 7.57. The van der Waals surface area contributed by atoms with E-state index in [4.69, 9.17) is 0 Å². The molecule has 0 radical (unpaired) electrons. The average Bonchev–Trinajstić information content (AvgIpc) is 2.55. The van der Waals surface area contributed by atoms with Gasteiger partial charge in [0.05, 0.1) is 4.90 Å². The van der Waals surface area contributed by atoms with Crippen LogP contribution in [0.2, 0.25) is 0 Å². The molecule has 0 bridgehead atoms. The molecular formula is C15H21N4O3PS. The van der Waals surface area contributed by atoms with Crippen LogP contribution in [0.5, 0.6) is 0 Å². The molecule has 0 spiro atoms. The summed E-state index contributed by atoms with van der Waals surface area (Å²) in [5.74, 6) is 0.0265. The zero-order valence-corrected chi connectivity index (χ0v) is 15.6. The predicted molar refractivity (Wildman–Crippen MR) is 96.3 cm³/mol. The molecule has 0 amide bonds. The van der Waals surface area contributed by atoms with Crippen LogP contribution in [0.3, 0.4) is 0 Å². The van der Waals surface area contributed by atoms with Gasteiger partial charge >= 0.3 is 0 Å². The molecule has 9 heteroatoms. The molecule has 1 heterocycles. The summed E-state index contributed by atoms with van der Waals surface area (Å²) in [5.41, 5.74) is 1.30. The summed E-state index contributed by atoms with van der Waals surface area (Å²) in [4.78, 5) is 7.99. The minimum Gasteiger partial charge on any atom is -0.336 e. The normalized spacial score (nSPS) is 12.0. The molecule has 0 aliphatic heterocycles. The van der Waals surface area contributed by atoms with Crippen molar-refractivity contribution >= 4 is 29.0 Å². The van der Waals surface area contributed by atoms with Crippen LogP contribution in [-0.2, 0) is 14.6 Å². The summed E-state index contributed by atoms with van der Waals surface area (Å²) in [7, 11) is -6.23. The highest BCUT2D eigenvalue weighted by Gasteiger charge is 2.18. The molecule has 0 atom stereocenters. The number of nitrogens with zero attached hydrogens (tertiary/aromatic N) is 2. The molecule has 24 heavy (non-hydrogen) atoms. The molecule has 0 aliphatic carbocycles. The van der Waals surface area contributed by atoms with Crippen LogP contribution in [0, 0.1) is 6.92 Å². The molecule has 2 N–H and O–H groups in total. The Labute approximate surface area is 142 Å². The van der Waals surface area contributed by atoms with Crippen LogP contribution < -0.4 is 9.81 Å². The molecule has 2 aromatic rings. The van der Waals surface area contributed by atoms with Crippen molar-refractivity contribution in [2.75, 3.05) is 22.1 Å². The van der Waals surface area contributed by atoms with Crippen LogP contribution in [0.4, 0.5) is 11.6 Å². The minimum atomic E-state index is -3.77. The molecule has 0 fully saturated rings. The van der Waals surface area contributed by atoms with Crippen molar-refractivity contribution in [1.82, 2.24) is 9.97 Å². The fourth-order valence-corrected chi connectivity index (χ4v) is 4.34. The first-order valence-corrected chi connectivity index (χ1v) is 11.1. The monoisotopic (exact) mass is 368 g/mol. The fraction of sp³-hybridized carbons (Fsp3) is 0.333. The Balaban J connectivity index is 2.19. The van der Waals surface area contributed by atoms with Gasteiger partial charge in [0.25, 0.3) is 10.0 Å². The van der Waals surface area contributed by atoms with Gasteiger partial charge in [-0.3, -0.25) is 0 Å². The van der Waals surface area contributed by atoms with Gasteiger partial charge in [-0.25, -0.2) is 23.1 Å². The van der Waals surface area contributed by atoms with Gasteiger partial charge in [-0.1, -0.05) is 13.8 Å². The number of hydrogen-bond acceptors (Lipinski definition) is 5. The summed E-state index contributed by atoms with van der Waals surface area (Å²) in [6.07, 6.45) is 2.56. The summed E-state index contributed by atoms with van der Waals surface area (Å²) in [6, 6.07) is 7.79. The maximum absolute atomic E-state index is 12.4. The van der Waals surface area contributed by atoms with Crippen LogP contribution in [0.15, 0.2) is 41.4 Å². The quantitative estimate of drug-likeness (QED) is 0.727. The van der Waals surface area contributed by atoms with Gasteiger partial charge in [0.15, 0.2) is 7.29 Å². The molecular weight excluding hydrogens is 347 g/mol. The molecule has 0 aliphatic rings.